The number of thioether (sulfide) groups is 1. The van der Waals surface area contributed by atoms with Crippen LogP contribution in [0.1, 0.15) is 19.4 Å². The van der Waals surface area contributed by atoms with Gasteiger partial charge >= 0.3 is 6.18 Å². The SMILES string of the molecule is CC(C)CSc1cc(C(F)(F)F)cc(N)n1. The highest BCUT2D eigenvalue weighted by Crippen LogP contribution is 2.32. The van der Waals surface area contributed by atoms with Crippen LogP contribution in [0.15, 0.2) is 17.2 Å². The van der Waals surface area contributed by atoms with E-state index in [9.17, 15) is 13.2 Å². The Kier molecular flexibility index (Phi) is 4.07. The quantitative estimate of drug-likeness (QED) is 0.835. The van der Waals surface area contributed by atoms with E-state index >= 15 is 0 Å². The van der Waals surface area contributed by atoms with Gasteiger partial charge in [0.25, 0.3) is 0 Å². The number of nitrogens with zero attached hydrogens (tertiary/aromatic N) is 1. The third-order valence-corrected chi connectivity index (χ3v) is 3.05. The molecule has 1 aromatic heterocycles. The molecule has 0 atom stereocenters. The molecule has 2 N–H and O–H groups in total. The lowest BCUT2D eigenvalue weighted by atomic mass is 10.2. The largest absolute Gasteiger partial charge is 0.416 e. The third-order valence-electron chi connectivity index (χ3n) is 1.71. The second-order valence-electron chi connectivity index (χ2n) is 3.82. The normalized spacial score (nSPS) is 12.1. The number of halogens is 3. The Morgan fingerprint density at radius 1 is 1.38 bits per heavy atom. The van der Waals surface area contributed by atoms with Crippen LogP contribution in [-0.4, -0.2) is 10.7 Å². The van der Waals surface area contributed by atoms with E-state index < -0.39 is 11.7 Å². The van der Waals surface area contributed by atoms with Gasteiger partial charge in [0.05, 0.1) is 10.6 Å². The van der Waals surface area contributed by atoms with Gasteiger partial charge in [0, 0.05) is 5.75 Å². The standard InChI is InChI=1S/C10H13F3N2S/c1-6(2)5-16-9-4-7(10(11,12)13)3-8(14)15-9/h3-4,6H,5H2,1-2H3,(H2,14,15). The number of aromatic nitrogens is 1. The summed E-state index contributed by atoms with van der Waals surface area (Å²) in [6, 6.07) is 1.88. The van der Waals surface area contributed by atoms with Gasteiger partial charge in [0.1, 0.15) is 5.82 Å². The molecule has 0 spiro atoms. The van der Waals surface area contributed by atoms with Gasteiger partial charge in [0.2, 0.25) is 0 Å². The maximum absolute atomic E-state index is 12.5. The monoisotopic (exact) mass is 250 g/mol. The van der Waals surface area contributed by atoms with Crippen LogP contribution in [0.3, 0.4) is 0 Å². The molecular weight excluding hydrogens is 237 g/mol. The van der Waals surface area contributed by atoms with Gasteiger partial charge in [-0.15, -0.1) is 11.8 Å². The summed E-state index contributed by atoms with van der Waals surface area (Å²) >= 11 is 1.28. The lowest BCUT2D eigenvalue weighted by Crippen LogP contribution is -2.07. The number of hydrogen-bond acceptors (Lipinski definition) is 3. The van der Waals surface area contributed by atoms with Crippen molar-refractivity contribution in [2.75, 3.05) is 11.5 Å². The van der Waals surface area contributed by atoms with Gasteiger partial charge in [-0.1, -0.05) is 13.8 Å². The fraction of sp³-hybridized carbons (Fsp3) is 0.500. The van der Waals surface area contributed by atoms with Gasteiger partial charge in [-0.05, 0) is 18.1 Å². The highest BCUT2D eigenvalue weighted by molar-refractivity contribution is 7.99. The first-order valence-corrected chi connectivity index (χ1v) is 5.75. The highest BCUT2D eigenvalue weighted by Gasteiger charge is 2.31. The van der Waals surface area contributed by atoms with Crippen molar-refractivity contribution in [2.24, 2.45) is 5.92 Å². The minimum absolute atomic E-state index is 0.0962. The molecular formula is C10H13F3N2S. The zero-order chi connectivity index (χ0) is 12.3. The molecule has 0 bridgehead atoms. The molecule has 0 radical (unpaired) electrons. The number of alkyl halides is 3. The Labute approximate surface area is 96.4 Å². The molecule has 0 aliphatic heterocycles. The second kappa shape index (κ2) is 4.95. The first-order valence-electron chi connectivity index (χ1n) is 4.76. The van der Waals surface area contributed by atoms with E-state index in [1.807, 2.05) is 13.8 Å². The van der Waals surface area contributed by atoms with Crippen LogP contribution in [0, 0.1) is 5.92 Å². The summed E-state index contributed by atoms with van der Waals surface area (Å²) in [5.41, 5.74) is 4.59. The number of rotatable bonds is 3. The summed E-state index contributed by atoms with van der Waals surface area (Å²) in [6.45, 7) is 3.98. The average Bonchev–Trinajstić information content (AvgIpc) is 2.12. The molecule has 0 saturated heterocycles. The van der Waals surface area contributed by atoms with E-state index in [1.54, 1.807) is 0 Å². The average molecular weight is 250 g/mol. The number of anilines is 1. The number of nitrogens with two attached hydrogens (primary N) is 1. The van der Waals surface area contributed by atoms with Gasteiger partial charge in [0.15, 0.2) is 0 Å². The molecule has 0 unspecified atom stereocenters. The molecule has 1 heterocycles. The van der Waals surface area contributed by atoms with E-state index in [1.165, 1.54) is 11.8 Å². The smallest absolute Gasteiger partial charge is 0.384 e. The van der Waals surface area contributed by atoms with Crippen LogP contribution in [0.5, 0.6) is 0 Å². The van der Waals surface area contributed by atoms with Crippen molar-refractivity contribution < 1.29 is 13.2 Å². The third kappa shape index (κ3) is 3.92. The molecule has 0 saturated carbocycles. The molecule has 0 aliphatic carbocycles. The Hall–Kier alpha value is -0.910. The number of pyridine rings is 1. The lowest BCUT2D eigenvalue weighted by Gasteiger charge is -2.10. The summed E-state index contributed by atoms with van der Waals surface area (Å²) in [5, 5.41) is 0.320. The first kappa shape index (κ1) is 13.2. The number of hydrogen-bond donors (Lipinski definition) is 1. The zero-order valence-corrected chi connectivity index (χ0v) is 9.82. The predicted octanol–water partition coefficient (Wildman–Crippen LogP) is 3.43. The van der Waals surface area contributed by atoms with Crippen molar-refractivity contribution in [2.45, 2.75) is 25.0 Å². The van der Waals surface area contributed by atoms with Crippen LogP contribution in [0.4, 0.5) is 19.0 Å². The fourth-order valence-electron chi connectivity index (χ4n) is 1.02. The Balaban J connectivity index is 2.90. The topological polar surface area (TPSA) is 38.9 Å². The van der Waals surface area contributed by atoms with Gasteiger partial charge < -0.3 is 5.73 Å². The number of nitrogen functional groups attached to an aromatic ring is 1. The molecule has 2 nitrogen and oxygen atoms in total. The molecule has 0 amide bonds. The molecule has 6 heteroatoms. The molecule has 0 fully saturated rings. The summed E-state index contributed by atoms with van der Waals surface area (Å²) in [5.74, 6) is 1.01. The van der Waals surface area contributed by atoms with Gasteiger partial charge in [-0.25, -0.2) is 4.98 Å². The maximum Gasteiger partial charge on any atom is 0.416 e. The minimum Gasteiger partial charge on any atom is -0.384 e. The van der Waals surface area contributed by atoms with Gasteiger partial charge in [-0.3, -0.25) is 0 Å². The Bertz CT molecular complexity index is 364. The van der Waals surface area contributed by atoms with Crippen molar-refractivity contribution in [1.82, 2.24) is 4.98 Å². The summed E-state index contributed by atoms with van der Waals surface area (Å²) in [4.78, 5) is 3.86. The van der Waals surface area contributed by atoms with Crippen molar-refractivity contribution in [3.63, 3.8) is 0 Å². The van der Waals surface area contributed by atoms with Crippen molar-refractivity contribution >= 4 is 17.6 Å². The van der Waals surface area contributed by atoms with Crippen LogP contribution in [0.25, 0.3) is 0 Å². The Morgan fingerprint density at radius 3 is 2.50 bits per heavy atom. The van der Waals surface area contributed by atoms with E-state index in [-0.39, 0.29) is 5.82 Å². The molecule has 0 aliphatic rings. The van der Waals surface area contributed by atoms with Crippen LogP contribution in [0.2, 0.25) is 0 Å². The van der Waals surface area contributed by atoms with Crippen LogP contribution >= 0.6 is 11.8 Å². The fourth-order valence-corrected chi connectivity index (χ4v) is 1.90. The minimum atomic E-state index is -4.37. The highest BCUT2D eigenvalue weighted by atomic mass is 32.2. The zero-order valence-electron chi connectivity index (χ0n) is 9.01. The maximum atomic E-state index is 12.5. The van der Waals surface area contributed by atoms with Crippen LogP contribution < -0.4 is 5.73 Å². The Morgan fingerprint density at radius 2 is 2.00 bits per heavy atom. The summed E-state index contributed by atoms with van der Waals surface area (Å²) < 4.78 is 37.4. The lowest BCUT2D eigenvalue weighted by molar-refractivity contribution is -0.137. The summed E-state index contributed by atoms with van der Waals surface area (Å²) in [6.07, 6.45) is -4.37. The predicted molar refractivity (Wildman–Crippen MR) is 59.2 cm³/mol. The van der Waals surface area contributed by atoms with Crippen LogP contribution in [-0.2, 0) is 6.18 Å². The second-order valence-corrected chi connectivity index (χ2v) is 4.86. The summed E-state index contributed by atoms with van der Waals surface area (Å²) in [7, 11) is 0. The molecule has 1 aromatic rings. The van der Waals surface area contributed by atoms with Gasteiger partial charge in [-0.2, -0.15) is 13.2 Å². The van der Waals surface area contributed by atoms with Crippen molar-refractivity contribution in [1.29, 1.82) is 0 Å². The van der Waals surface area contributed by atoms with E-state index in [0.717, 1.165) is 12.1 Å². The molecule has 90 valence electrons. The van der Waals surface area contributed by atoms with Crippen molar-refractivity contribution in [3.05, 3.63) is 17.7 Å². The first-order chi connectivity index (χ1) is 7.29. The van der Waals surface area contributed by atoms with Crippen molar-refractivity contribution in [3.8, 4) is 0 Å². The van der Waals surface area contributed by atoms with E-state index in [4.69, 9.17) is 5.73 Å². The molecule has 16 heavy (non-hydrogen) atoms. The molecule has 0 aromatic carbocycles. The van der Waals surface area contributed by atoms with E-state index in [0.29, 0.717) is 16.7 Å². The van der Waals surface area contributed by atoms with E-state index in [2.05, 4.69) is 4.98 Å². The molecule has 1 rings (SSSR count).